The van der Waals surface area contributed by atoms with Crippen LogP contribution in [0, 0.1) is 0 Å². The van der Waals surface area contributed by atoms with Gasteiger partial charge < -0.3 is 4.74 Å². The van der Waals surface area contributed by atoms with Gasteiger partial charge in [0.15, 0.2) is 0 Å². The quantitative estimate of drug-likeness (QED) is 0.588. The number of thioether (sulfide) groups is 1. The van der Waals surface area contributed by atoms with Gasteiger partial charge in [-0.3, -0.25) is 0 Å². The fourth-order valence-electron chi connectivity index (χ4n) is 0.901. The second-order valence-corrected chi connectivity index (χ2v) is 4.92. The summed E-state index contributed by atoms with van der Waals surface area (Å²) in [6.07, 6.45) is 1.70. The fourth-order valence-corrected chi connectivity index (χ4v) is 2.54. The highest BCUT2D eigenvalue weighted by Crippen LogP contribution is 2.13. The SMILES string of the molecule is COC(=NS(=O)(=O)c1ccccc1)SC. The van der Waals surface area contributed by atoms with Gasteiger partial charge in [-0.2, -0.15) is 8.42 Å². The first-order chi connectivity index (χ1) is 7.10. The summed E-state index contributed by atoms with van der Waals surface area (Å²) in [5, 5.41) is 0.124. The molecule has 1 rings (SSSR count). The minimum absolute atomic E-state index is 0.124. The van der Waals surface area contributed by atoms with Crippen molar-refractivity contribution in [1.82, 2.24) is 0 Å². The molecule has 4 nitrogen and oxygen atoms in total. The van der Waals surface area contributed by atoms with E-state index >= 15 is 0 Å². The summed E-state index contributed by atoms with van der Waals surface area (Å²) in [5.74, 6) is 0. The molecular weight excluding hydrogens is 234 g/mol. The van der Waals surface area contributed by atoms with Gasteiger partial charge in [0.1, 0.15) is 0 Å². The molecule has 15 heavy (non-hydrogen) atoms. The minimum atomic E-state index is -3.64. The maximum atomic E-state index is 11.7. The van der Waals surface area contributed by atoms with Gasteiger partial charge in [-0.05, 0) is 18.4 Å². The maximum Gasteiger partial charge on any atom is 0.286 e. The molecule has 0 atom stereocenters. The lowest BCUT2D eigenvalue weighted by atomic mass is 10.4. The number of nitrogens with zero attached hydrogens (tertiary/aromatic N) is 1. The van der Waals surface area contributed by atoms with Gasteiger partial charge >= 0.3 is 0 Å². The molecule has 0 spiro atoms. The summed E-state index contributed by atoms with van der Waals surface area (Å²) in [4.78, 5) is 0.161. The van der Waals surface area contributed by atoms with Crippen molar-refractivity contribution in [2.75, 3.05) is 13.4 Å². The predicted octanol–water partition coefficient (Wildman–Crippen LogP) is 1.74. The van der Waals surface area contributed by atoms with E-state index in [-0.39, 0.29) is 10.1 Å². The van der Waals surface area contributed by atoms with Gasteiger partial charge in [-0.15, -0.1) is 4.40 Å². The van der Waals surface area contributed by atoms with E-state index < -0.39 is 10.0 Å². The highest BCUT2D eigenvalue weighted by atomic mass is 32.2. The molecule has 0 N–H and O–H groups in total. The van der Waals surface area contributed by atoms with Crippen LogP contribution in [0.1, 0.15) is 0 Å². The largest absolute Gasteiger partial charge is 0.476 e. The van der Waals surface area contributed by atoms with E-state index in [9.17, 15) is 8.42 Å². The van der Waals surface area contributed by atoms with Crippen LogP contribution in [0.2, 0.25) is 0 Å². The Labute approximate surface area is 93.4 Å². The van der Waals surface area contributed by atoms with Gasteiger partial charge in [-0.1, -0.05) is 30.0 Å². The first kappa shape index (κ1) is 12.1. The fraction of sp³-hybridized carbons (Fsp3) is 0.222. The molecule has 0 amide bonds. The second kappa shape index (κ2) is 5.18. The van der Waals surface area contributed by atoms with Crippen molar-refractivity contribution in [2.45, 2.75) is 4.90 Å². The maximum absolute atomic E-state index is 11.7. The van der Waals surface area contributed by atoms with E-state index in [1.807, 2.05) is 0 Å². The molecule has 0 fully saturated rings. The molecule has 1 aromatic carbocycles. The molecular formula is C9H11NO3S2. The van der Waals surface area contributed by atoms with Crippen molar-refractivity contribution in [3.63, 3.8) is 0 Å². The van der Waals surface area contributed by atoms with Crippen LogP contribution in [-0.4, -0.2) is 27.0 Å². The number of benzene rings is 1. The van der Waals surface area contributed by atoms with Crippen LogP contribution in [0.3, 0.4) is 0 Å². The molecule has 0 unspecified atom stereocenters. The van der Waals surface area contributed by atoms with Gasteiger partial charge in [-0.25, -0.2) is 0 Å². The number of rotatable bonds is 2. The molecule has 0 heterocycles. The van der Waals surface area contributed by atoms with Gasteiger partial charge in [0.2, 0.25) is 0 Å². The summed E-state index contributed by atoms with van der Waals surface area (Å²) in [7, 11) is -2.26. The van der Waals surface area contributed by atoms with Gasteiger partial charge in [0.25, 0.3) is 15.3 Å². The molecule has 0 aliphatic heterocycles. The number of hydrogen-bond acceptors (Lipinski definition) is 4. The average Bonchev–Trinajstić information content (AvgIpc) is 2.27. The third-order valence-electron chi connectivity index (χ3n) is 1.59. The Morgan fingerprint density at radius 3 is 2.40 bits per heavy atom. The van der Waals surface area contributed by atoms with Crippen LogP contribution in [-0.2, 0) is 14.8 Å². The van der Waals surface area contributed by atoms with Crippen LogP contribution in [0.25, 0.3) is 0 Å². The lowest BCUT2D eigenvalue weighted by Gasteiger charge is -2.01. The smallest absolute Gasteiger partial charge is 0.286 e. The molecule has 0 bridgehead atoms. The zero-order valence-electron chi connectivity index (χ0n) is 8.38. The van der Waals surface area contributed by atoms with Crippen LogP contribution in [0.15, 0.2) is 39.6 Å². The molecule has 0 radical (unpaired) electrons. The molecule has 0 aromatic heterocycles. The van der Waals surface area contributed by atoms with Crippen LogP contribution in [0.4, 0.5) is 0 Å². The average molecular weight is 245 g/mol. The number of sulfonamides is 1. The van der Waals surface area contributed by atoms with Crippen LogP contribution in [0.5, 0.6) is 0 Å². The Hall–Kier alpha value is -1.01. The summed E-state index contributed by atoms with van der Waals surface area (Å²) in [6, 6.07) is 8.02. The van der Waals surface area contributed by atoms with Crippen molar-refractivity contribution in [2.24, 2.45) is 4.40 Å². The number of methoxy groups -OCH3 is 1. The lowest BCUT2D eigenvalue weighted by Crippen LogP contribution is -2.03. The van der Waals surface area contributed by atoms with Crippen molar-refractivity contribution in [3.8, 4) is 0 Å². The van der Waals surface area contributed by atoms with Crippen molar-refractivity contribution >= 4 is 27.0 Å². The summed E-state index contributed by atoms with van der Waals surface area (Å²) >= 11 is 1.14. The highest BCUT2D eigenvalue weighted by molar-refractivity contribution is 8.13. The van der Waals surface area contributed by atoms with E-state index in [1.54, 1.807) is 24.5 Å². The normalized spacial score (nSPS) is 12.5. The molecule has 0 saturated carbocycles. The minimum Gasteiger partial charge on any atom is -0.476 e. The van der Waals surface area contributed by atoms with Crippen molar-refractivity contribution < 1.29 is 13.2 Å². The van der Waals surface area contributed by atoms with Crippen molar-refractivity contribution in [1.29, 1.82) is 0 Å². The Balaban J connectivity index is 3.10. The molecule has 0 aliphatic carbocycles. The molecule has 6 heteroatoms. The lowest BCUT2D eigenvalue weighted by molar-refractivity contribution is 0.417. The third-order valence-corrected chi connectivity index (χ3v) is 3.58. The summed E-state index contributed by atoms with van der Waals surface area (Å²) in [5.41, 5.74) is 0. The highest BCUT2D eigenvalue weighted by Gasteiger charge is 2.13. The van der Waals surface area contributed by atoms with Gasteiger partial charge in [0, 0.05) is 0 Å². The van der Waals surface area contributed by atoms with E-state index in [4.69, 9.17) is 4.74 Å². The Bertz CT molecular complexity index is 434. The first-order valence-electron chi connectivity index (χ1n) is 4.08. The third kappa shape index (κ3) is 3.24. The topological polar surface area (TPSA) is 55.7 Å². The zero-order chi connectivity index (χ0) is 11.3. The monoisotopic (exact) mass is 245 g/mol. The van der Waals surface area contributed by atoms with E-state index in [0.29, 0.717) is 0 Å². The van der Waals surface area contributed by atoms with Crippen LogP contribution < -0.4 is 0 Å². The van der Waals surface area contributed by atoms with Crippen LogP contribution >= 0.6 is 11.8 Å². The van der Waals surface area contributed by atoms with E-state index in [2.05, 4.69) is 4.40 Å². The summed E-state index contributed by atoms with van der Waals surface area (Å²) in [6.45, 7) is 0. The molecule has 1 aromatic rings. The zero-order valence-corrected chi connectivity index (χ0v) is 10.0. The first-order valence-corrected chi connectivity index (χ1v) is 6.74. The Kier molecular flexibility index (Phi) is 4.16. The predicted molar refractivity (Wildman–Crippen MR) is 61.6 cm³/mol. The second-order valence-electron chi connectivity index (χ2n) is 2.55. The standard InChI is InChI=1S/C9H11NO3S2/c1-13-9(14-2)10-15(11,12)8-6-4-3-5-7-8/h3-7H,1-2H3. The Morgan fingerprint density at radius 2 is 1.93 bits per heavy atom. The number of ether oxygens (including phenoxy) is 1. The Morgan fingerprint density at radius 1 is 1.33 bits per heavy atom. The molecule has 0 saturated heterocycles. The molecule has 82 valence electrons. The van der Waals surface area contributed by atoms with Gasteiger partial charge in [0.05, 0.1) is 12.0 Å². The number of hydrogen-bond donors (Lipinski definition) is 0. The summed E-state index contributed by atoms with van der Waals surface area (Å²) < 4.78 is 31.7. The van der Waals surface area contributed by atoms with E-state index in [0.717, 1.165) is 11.8 Å². The van der Waals surface area contributed by atoms with Crippen molar-refractivity contribution in [3.05, 3.63) is 30.3 Å². The van der Waals surface area contributed by atoms with E-state index in [1.165, 1.54) is 19.2 Å². The molecule has 0 aliphatic rings.